The van der Waals surface area contributed by atoms with Crippen LogP contribution in [-0.4, -0.2) is 33.8 Å². The number of non-ortho nitro benzene ring substituents is 1. The van der Waals surface area contributed by atoms with Crippen molar-refractivity contribution in [1.29, 1.82) is 0 Å². The van der Waals surface area contributed by atoms with Crippen molar-refractivity contribution in [2.24, 2.45) is 5.10 Å². The number of hydrazone groups is 1. The molecule has 0 spiro atoms. The largest absolute Gasteiger partial charge is 0.494 e. The molecule has 28 heavy (non-hydrogen) atoms. The fourth-order valence-electron chi connectivity index (χ4n) is 2.42. The average Bonchev–Trinajstić information content (AvgIpc) is 3.19. The van der Waals surface area contributed by atoms with Crippen LogP contribution in [0.4, 0.5) is 5.69 Å². The van der Waals surface area contributed by atoms with Crippen molar-refractivity contribution in [2.75, 3.05) is 6.61 Å². The molecule has 0 saturated carbocycles. The number of ether oxygens (including phenoxy) is 1. The Bertz CT molecular complexity index is 1010. The highest BCUT2D eigenvalue weighted by Crippen LogP contribution is 2.21. The minimum atomic E-state index is -0.497. The number of amides is 1. The van der Waals surface area contributed by atoms with E-state index in [1.165, 1.54) is 18.3 Å². The molecule has 1 amide bonds. The molecule has 2 N–H and O–H groups in total. The molecule has 0 fully saturated rings. The Balaban J connectivity index is 1.64. The first kappa shape index (κ1) is 18.8. The molecule has 0 bridgehead atoms. The van der Waals surface area contributed by atoms with E-state index in [1.54, 1.807) is 18.2 Å². The number of carbonyl (C=O) groups is 1. The maximum Gasteiger partial charge on any atom is 0.289 e. The summed E-state index contributed by atoms with van der Waals surface area (Å²) < 4.78 is 5.40. The van der Waals surface area contributed by atoms with Crippen LogP contribution in [0.2, 0.25) is 0 Å². The van der Waals surface area contributed by atoms with Crippen LogP contribution < -0.4 is 10.2 Å². The molecule has 0 aliphatic carbocycles. The minimum absolute atomic E-state index is 0.0520. The van der Waals surface area contributed by atoms with Crippen LogP contribution in [0.3, 0.4) is 0 Å². The third-order valence-corrected chi connectivity index (χ3v) is 3.74. The summed E-state index contributed by atoms with van der Waals surface area (Å²) in [4.78, 5) is 22.4. The number of nitrogens with one attached hydrogen (secondary N) is 2. The SMILES string of the molecule is CCOc1ccc(-c2cc(C(=O)NN=Cc3cccc([N+](=O)[O-])c3)[nH]n2)cc1. The number of rotatable bonds is 7. The Labute approximate surface area is 160 Å². The number of nitro benzene ring substituents is 1. The molecule has 3 rings (SSSR count). The summed E-state index contributed by atoms with van der Waals surface area (Å²) in [5, 5.41) is 21.4. The van der Waals surface area contributed by atoms with E-state index in [0.717, 1.165) is 11.3 Å². The lowest BCUT2D eigenvalue weighted by Crippen LogP contribution is -2.18. The van der Waals surface area contributed by atoms with Crippen molar-refractivity contribution in [2.45, 2.75) is 6.92 Å². The molecule has 0 unspecified atom stereocenters. The topological polar surface area (TPSA) is 123 Å². The highest BCUT2D eigenvalue weighted by Gasteiger charge is 2.11. The molecule has 0 aliphatic rings. The monoisotopic (exact) mass is 379 g/mol. The number of nitro groups is 1. The van der Waals surface area contributed by atoms with Crippen molar-refractivity contribution in [3.05, 3.63) is 76.0 Å². The Kier molecular flexibility index (Phi) is 5.75. The molecule has 1 aromatic heterocycles. The number of aromatic nitrogens is 2. The van der Waals surface area contributed by atoms with E-state index in [2.05, 4.69) is 20.7 Å². The van der Waals surface area contributed by atoms with Crippen LogP contribution in [0.25, 0.3) is 11.3 Å². The van der Waals surface area contributed by atoms with Gasteiger partial charge in [0, 0.05) is 23.3 Å². The number of H-pyrrole nitrogens is 1. The maximum atomic E-state index is 12.2. The van der Waals surface area contributed by atoms with Crippen LogP contribution in [0.15, 0.2) is 59.7 Å². The van der Waals surface area contributed by atoms with Crippen molar-refractivity contribution in [3.8, 4) is 17.0 Å². The second-order valence-corrected chi connectivity index (χ2v) is 5.68. The van der Waals surface area contributed by atoms with Gasteiger partial charge in [-0.25, -0.2) is 5.43 Å². The van der Waals surface area contributed by atoms with Gasteiger partial charge in [0.25, 0.3) is 11.6 Å². The van der Waals surface area contributed by atoms with E-state index in [-0.39, 0.29) is 11.4 Å². The third-order valence-electron chi connectivity index (χ3n) is 3.74. The second-order valence-electron chi connectivity index (χ2n) is 5.68. The first-order valence-electron chi connectivity index (χ1n) is 8.43. The van der Waals surface area contributed by atoms with E-state index in [4.69, 9.17) is 4.74 Å². The third kappa shape index (κ3) is 4.58. The number of benzene rings is 2. The van der Waals surface area contributed by atoms with Crippen molar-refractivity contribution in [3.63, 3.8) is 0 Å². The first-order chi connectivity index (χ1) is 13.6. The Morgan fingerprint density at radius 1 is 1.29 bits per heavy atom. The standard InChI is InChI=1S/C19H17N5O4/c1-2-28-16-8-6-14(7-9-16)17-11-18(22-21-17)19(25)23-20-12-13-4-3-5-15(10-13)24(26)27/h3-12H,2H2,1H3,(H,21,22)(H,23,25). The van der Waals surface area contributed by atoms with Gasteiger partial charge in [-0.1, -0.05) is 12.1 Å². The van der Waals surface area contributed by atoms with Crippen molar-refractivity contribution in [1.82, 2.24) is 15.6 Å². The number of carbonyl (C=O) groups excluding carboxylic acids is 1. The summed E-state index contributed by atoms with van der Waals surface area (Å²) in [6.07, 6.45) is 1.33. The molecule has 0 saturated heterocycles. The smallest absolute Gasteiger partial charge is 0.289 e. The Morgan fingerprint density at radius 2 is 2.07 bits per heavy atom. The van der Waals surface area contributed by atoms with Gasteiger partial charge in [-0.05, 0) is 37.3 Å². The predicted octanol–water partition coefficient (Wildman–Crippen LogP) is 3.15. The van der Waals surface area contributed by atoms with Gasteiger partial charge in [0.2, 0.25) is 0 Å². The highest BCUT2D eigenvalue weighted by atomic mass is 16.6. The zero-order chi connectivity index (χ0) is 19.9. The van der Waals surface area contributed by atoms with E-state index >= 15 is 0 Å². The minimum Gasteiger partial charge on any atom is -0.494 e. The lowest BCUT2D eigenvalue weighted by molar-refractivity contribution is -0.384. The van der Waals surface area contributed by atoms with Gasteiger partial charge in [-0.2, -0.15) is 10.2 Å². The summed E-state index contributed by atoms with van der Waals surface area (Å²) in [6.45, 7) is 2.50. The predicted molar refractivity (Wildman–Crippen MR) is 103 cm³/mol. The fraction of sp³-hybridized carbons (Fsp3) is 0.105. The van der Waals surface area contributed by atoms with Crippen LogP contribution >= 0.6 is 0 Å². The number of hydrogen-bond donors (Lipinski definition) is 2. The fourth-order valence-corrected chi connectivity index (χ4v) is 2.42. The van der Waals surface area contributed by atoms with Crippen molar-refractivity contribution < 1.29 is 14.5 Å². The van der Waals surface area contributed by atoms with E-state index in [1.807, 2.05) is 31.2 Å². The second kappa shape index (κ2) is 8.58. The number of nitrogens with zero attached hydrogens (tertiary/aromatic N) is 3. The van der Waals surface area contributed by atoms with Crippen molar-refractivity contribution >= 4 is 17.8 Å². The van der Waals surface area contributed by atoms with E-state index in [9.17, 15) is 14.9 Å². The van der Waals surface area contributed by atoms with Gasteiger partial charge in [-0.3, -0.25) is 20.0 Å². The van der Waals surface area contributed by atoms with Gasteiger partial charge in [0.05, 0.1) is 23.4 Å². The molecule has 9 heteroatoms. The molecule has 2 aromatic carbocycles. The summed E-state index contributed by atoms with van der Waals surface area (Å²) in [5.41, 5.74) is 4.47. The summed E-state index contributed by atoms with van der Waals surface area (Å²) in [7, 11) is 0. The van der Waals surface area contributed by atoms with Crippen LogP contribution in [0, 0.1) is 10.1 Å². The van der Waals surface area contributed by atoms with E-state index in [0.29, 0.717) is 17.9 Å². The zero-order valence-electron chi connectivity index (χ0n) is 15.0. The molecule has 142 valence electrons. The number of aromatic amines is 1. The van der Waals surface area contributed by atoms with Gasteiger partial charge in [0.1, 0.15) is 11.4 Å². The Hall–Kier alpha value is -4.01. The molecular weight excluding hydrogens is 362 g/mol. The lowest BCUT2D eigenvalue weighted by atomic mass is 10.1. The molecular formula is C19H17N5O4. The molecule has 0 radical (unpaired) electrons. The normalized spacial score (nSPS) is 10.8. The maximum absolute atomic E-state index is 12.2. The summed E-state index contributed by atoms with van der Waals surface area (Å²) in [6, 6.07) is 14.9. The van der Waals surface area contributed by atoms with Crippen LogP contribution in [0.1, 0.15) is 23.0 Å². The average molecular weight is 379 g/mol. The summed E-state index contributed by atoms with van der Waals surface area (Å²) in [5.74, 6) is 0.279. The quantitative estimate of drug-likeness (QED) is 0.371. The van der Waals surface area contributed by atoms with Crippen LogP contribution in [0.5, 0.6) is 5.75 Å². The van der Waals surface area contributed by atoms with Gasteiger partial charge < -0.3 is 4.74 Å². The summed E-state index contributed by atoms with van der Waals surface area (Å²) >= 11 is 0. The molecule has 9 nitrogen and oxygen atoms in total. The molecule has 3 aromatic rings. The van der Waals surface area contributed by atoms with Gasteiger partial charge in [-0.15, -0.1) is 0 Å². The molecule has 0 aliphatic heterocycles. The lowest BCUT2D eigenvalue weighted by Gasteiger charge is -2.02. The van der Waals surface area contributed by atoms with E-state index < -0.39 is 10.8 Å². The molecule has 0 atom stereocenters. The highest BCUT2D eigenvalue weighted by molar-refractivity contribution is 5.94. The first-order valence-corrected chi connectivity index (χ1v) is 8.43. The molecule has 1 heterocycles. The zero-order valence-corrected chi connectivity index (χ0v) is 15.0. The van der Waals surface area contributed by atoms with Gasteiger partial charge >= 0.3 is 0 Å². The number of hydrogen-bond acceptors (Lipinski definition) is 6. The van der Waals surface area contributed by atoms with Crippen LogP contribution in [-0.2, 0) is 0 Å². The van der Waals surface area contributed by atoms with Gasteiger partial charge in [0.15, 0.2) is 0 Å². The Morgan fingerprint density at radius 3 is 2.79 bits per heavy atom.